The number of methoxy groups -OCH3 is 2. The van der Waals surface area contributed by atoms with Gasteiger partial charge in [0.25, 0.3) is 5.88 Å². The number of amides is 1. The van der Waals surface area contributed by atoms with E-state index in [0.29, 0.717) is 41.2 Å². The zero-order valence-corrected chi connectivity index (χ0v) is 18.0. The third-order valence-electron chi connectivity index (χ3n) is 4.92. The molecule has 3 aromatic heterocycles. The summed E-state index contributed by atoms with van der Waals surface area (Å²) in [6.07, 6.45) is 4.90. The Hall–Kier alpha value is -3.96. The molecule has 0 aromatic carbocycles. The molecule has 3 heterocycles. The number of aromatic nitrogens is 6. The molecule has 5 N–H and O–H groups in total. The van der Waals surface area contributed by atoms with Crippen LogP contribution in [0.1, 0.15) is 31.5 Å². The van der Waals surface area contributed by atoms with Gasteiger partial charge in [-0.15, -0.1) is 0 Å². The van der Waals surface area contributed by atoms with Crippen LogP contribution in [0.4, 0.5) is 16.6 Å². The van der Waals surface area contributed by atoms with Crippen molar-refractivity contribution in [3.05, 3.63) is 24.3 Å². The van der Waals surface area contributed by atoms with Crippen LogP contribution in [0.3, 0.4) is 0 Å². The Kier molecular flexibility index (Phi) is 6.01. The van der Waals surface area contributed by atoms with Crippen LogP contribution in [0, 0.1) is 0 Å². The molecule has 0 bridgehead atoms. The first-order chi connectivity index (χ1) is 15.5. The van der Waals surface area contributed by atoms with Gasteiger partial charge in [0.1, 0.15) is 17.2 Å². The van der Waals surface area contributed by atoms with Gasteiger partial charge in [-0.2, -0.15) is 0 Å². The van der Waals surface area contributed by atoms with Crippen molar-refractivity contribution in [2.75, 3.05) is 31.8 Å². The second-order valence-corrected chi connectivity index (χ2v) is 7.45. The fourth-order valence-corrected chi connectivity index (χ4v) is 3.10. The molecule has 1 atom stereocenters. The van der Waals surface area contributed by atoms with Gasteiger partial charge in [0.05, 0.1) is 31.8 Å². The number of carbonyl (C=O) groups is 1. The fraction of sp³-hybridized carbons (Fsp3) is 0.400. The first-order valence-corrected chi connectivity index (χ1v) is 10.2. The number of aromatic amines is 1. The molecule has 0 saturated heterocycles. The number of nitrogen functional groups attached to an aromatic ring is 1. The molecule has 168 valence electrons. The molecule has 0 radical (unpaired) electrons. The monoisotopic (exact) mass is 439 g/mol. The number of alkyl carbamates (subject to hydrolysis) is 1. The van der Waals surface area contributed by atoms with Crippen molar-refractivity contribution in [1.82, 2.24) is 35.2 Å². The Morgan fingerprint density at radius 1 is 1.25 bits per heavy atom. The standard InChI is InChI=1S/C20H25N9O3/c1-10(25-20(30)32-3)8-24-19-22-7-6-12(27-19)14-15(29-17(28-14)11-4-5-11)13-9-23-16(21)18(26-13)31-2/h6-7,9-11H,4-5,8H2,1-3H3,(H2,21,23)(H,25,30)(H,28,29)(H,22,24,27)/t10-/m0/s1. The molecule has 1 aliphatic rings. The minimum atomic E-state index is -0.497. The number of rotatable bonds is 8. The smallest absolute Gasteiger partial charge is 0.407 e. The topological polar surface area (TPSA) is 166 Å². The van der Waals surface area contributed by atoms with Crippen molar-refractivity contribution in [3.63, 3.8) is 0 Å². The molecule has 4 rings (SSSR count). The molecular formula is C20H25N9O3. The highest BCUT2D eigenvalue weighted by molar-refractivity contribution is 5.75. The molecule has 12 heteroatoms. The van der Waals surface area contributed by atoms with Gasteiger partial charge >= 0.3 is 6.09 Å². The largest absolute Gasteiger partial charge is 0.478 e. The summed E-state index contributed by atoms with van der Waals surface area (Å²) >= 11 is 0. The molecule has 1 aliphatic carbocycles. The fourth-order valence-electron chi connectivity index (χ4n) is 3.10. The molecule has 0 aliphatic heterocycles. The highest BCUT2D eigenvalue weighted by atomic mass is 16.5. The van der Waals surface area contributed by atoms with Crippen LogP contribution in [0.2, 0.25) is 0 Å². The second kappa shape index (κ2) is 9.04. The summed E-state index contributed by atoms with van der Waals surface area (Å²) in [5.74, 6) is 2.14. The first kappa shape index (κ1) is 21.3. The summed E-state index contributed by atoms with van der Waals surface area (Å²) in [6.45, 7) is 2.26. The van der Waals surface area contributed by atoms with Gasteiger partial charge in [-0.25, -0.2) is 29.7 Å². The highest BCUT2D eigenvalue weighted by Crippen LogP contribution is 2.41. The lowest BCUT2D eigenvalue weighted by molar-refractivity contribution is 0.168. The number of anilines is 2. The summed E-state index contributed by atoms with van der Waals surface area (Å²) in [5.41, 5.74) is 8.31. The van der Waals surface area contributed by atoms with E-state index in [9.17, 15) is 4.79 Å². The van der Waals surface area contributed by atoms with Crippen LogP contribution in [-0.4, -0.2) is 62.8 Å². The lowest BCUT2D eigenvalue weighted by Gasteiger charge is -2.14. The minimum Gasteiger partial charge on any atom is -0.478 e. The van der Waals surface area contributed by atoms with Crippen LogP contribution < -0.4 is 21.1 Å². The Labute approximate surface area is 184 Å². The van der Waals surface area contributed by atoms with Crippen molar-refractivity contribution in [2.45, 2.75) is 31.7 Å². The Bertz CT molecular complexity index is 1110. The zero-order valence-electron chi connectivity index (χ0n) is 18.0. The van der Waals surface area contributed by atoms with E-state index in [-0.39, 0.29) is 17.7 Å². The predicted molar refractivity (Wildman–Crippen MR) is 117 cm³/mol. The molecular weight excluding hydrogens is 414 g/mol. The van der Waals surface area contributed by atoms with Crippen LogP contribution in [0.5, 0.6) is 5.88 Å². The van der Waals surface area contributed by atoms with Crippen molar-refractivity contribution in [1.29, 1.82) is 0 Å². The summed E-state index contributed by atoms with van der Waals surface area (Å²) in [5, 5.41) is 5.80. The van der Waals surface area contributed by atoms with Gasteiger partial charge in [-0.05, 0) is 25.8 Å². The number of imidazole rings is 1. The van der Waals surface area contributed by atoms with Gasteiger partial charge in [-0.3, -0.25) is 0 Å². The Morgan fingerprint density at radius 3 is 2.78 bits per heavy atom. The van der Waals surface area contributed by atoms with Gasteiger partial charge < -0.3 is 30.8 Å². The molecule has 1 amide bonds. The Balaban J connectivity index is 1.62. The van der Waals surface area contributed by atoms with E-state index in [1.54, 1.807) is 18.5 Å². The highest BCUT2D eigenvalue weighted by Gasteiger charge is 2.29. The quantitative estimate of drug-likeness (QED) is 0.407. The van der Waals surface area contributed by atoms with Crippen LogP contribution in [-0.2, 0) is 4.74 Å². The average molecular weight is 439 g/mol. The average Bonchev–Trinajstić information content (AvgIpc) is 3.56. The normalized spacial score (nSPS) is 14.0. The van der Waals surface area contributed by atoms with Gasteiger partial charge in [-0.1, -0.05) is 0 Å². The molecule has 1 fully saturated rings. The maximum absolute atomic E-state index is 11.3. The van der Waals surface area contributed by atoms with Crippen LogP contribution in [0.25, 0.3) is 22.8 Å². The van der Waals surface area contributed by atoms with E-state index in [1.165, 1.54) is 14.2 Å². The number of ether oxygens (including phenoxy) is 2. The first-order valence-electron chi connectivity index (χ1n) is 10.2. The molecule has 0 spiro atoms. The lowest BCUT2D eigenvalue weighted by atomic mass is 10.2. The predicted octanol–water partition coefficient (Wildman–Crippen LogP) is 1.95. The molecule has 0 unspecified atom stereocenters. The summed E-state index contributed by atoms with van der Waals surface area (Å²) in [6, 6.07) is 1.60. The van der Waals surface area contributed by atoms with E-state index in [1.807, 2.05) is 6.92 Å². The van der Waals surface area contributed by atoms with Crippen LogP contribution >= 0.6 is 0 Å². The van der Waals surface area contributed by atoms with Crippen molar-refractivity contribution in [3.8, 4) is 28.7 Å². The third kappa shape index (κ3) is 4.68. The van der Waals surface area contributed by atoms with E-state index in [2.05, 4.69) is 40.3 Å². The van der Waals surface area contributed by atoms with Gasteiger partial charge in [0, 0.05) is 24.7 Å². The maximum Gasteiger partial charge on any atom is 0.407 e. The molecule has 32 heavy (non-hydrogen) atoms. The number of H-pyrrole nitrogens is 1. The number of nitrogens with one attached hydrogen (secondary N) is 3. The number of nitrogens with two attached hydrogens (primary N) is 1. The van der Waals surface area contributed by atoms with Crippen molar-refractivity contribution >= 4 is 17.9 Å². The van der Waals surface area contributed by atoms with E-state index < -0.39 is 6.09 Å². The number of hydrogen-bond acceptors (Lipinski definition) is 10. The number of hydrogen-bond donors (Lipinski definition) is 4. The lowest BCUT2D eigenvalue weighted by Crippen LogP contribution is -2.37. The second-order valence-electron chi connectivity index (χ2n) is 7.45. The number of carbonyl (C=O) groups excluding carboxylic acids is 1. The number of nitrogens with zero attached hydrogens (tertiary/aromatic N) is 5. The third-order valence-corrected chi connectivity index (χ3v) is 4.92. The van der Waals surface area contributed by atoms with Crippen LogP contribution in [0.15, 0.2) is 18.5 Å². The minimum absolute atomic E-state index is 0.184. The van der Waals surface area contributed by atoms with Gasteiger partial charge in [0.15, 0.2) is 5.82 Å². The summed E-state index contributed by atoms with van der Waals surface area (Å²) in [7, 11) is 2.81. The van der Waals surface area contributed by atoms with Crippen molar-refractivity contribution in [2.24, 2.45) is 0 Å². The van der Waals surface area contributed by atoms with Gasteiger partial charge in [0.2, 0.25) is 5.95 Å². The van der Waals surface area contributed by atoms with E-state index in [0.717, 1.165) is 18.7 Å². The molecule has 3 aromatic rings. The Morgan fingerprint density at radius 2 is 2.06 bits per heavy atom. The summed E-state index contributed by atoms with van der Waals surface area (Å²) in [4.78, 5) is 37.0. The van der Waals surface area contributed by atoms with E-state index in [4.69, 9.17) is 15.5 Å². The van der Waals surface area contributed by atoms with E-state index >= 15 is 0 Å². The molecule has 1 saturated carbocycles. The maximum atomic E-state index is 11.3. The van der Waals surface area contributed by atoms with Crippen molar-refractivity contribution < 1.29 is 14.3 Å². The zero-order chi connectivity index (χ0) is 22.7. The SMILES string of the molecule is COC(=O)N[C@@H](C)CNc1nccc(-c2[nH]c(C3CC3)nc2-c2cnc(N)c(OC)n2)n1. The molecule has 12 nitrogen and oxygen atoms in total. The summed E-state index contributed by atoms with van der Waals surface area (Å²) < 4.78 is 9.82.